The van der Waals surface area contributed by atoms with Gasteiger partial charge in [-0.1, -0.05) is 34.1 Å². The first-order chi connectivity index (χ1) is 13.1. The molecule has 0 spiro atoms. The molecule has 7 heteroatoms. The van der Waals surface area contributed by atoms with Crippen LogP contribution in [-0.2, 0) is 14.3 Å². The minimum Gasteiger partial charge on any atom is -0.507 e. The topological polar surface area (TPSA) is 66.8 Å². The van der Waals surface area contributed by atoms with Crippen LogP contribution >= 0.6 is 27.3 Å². The summed E-state index contributed by atoms with van der Waals surface area (Å²) in [5.41, 5.74) is 0.651. The van der Waals surface area contributed by atoms with E-state index in [4.69, 9.17) is 4.74 Å². The number of aliphatic hydroxyl groups is 1. The van der Waals surface area contributed by atoms with E-state index in [1.807, 2.05) is 17.5 Å². The maximum absolute atomic E-state index is 12.8. The normalized spacial score (nSPS) is 24.7. The van der Waals surface area contributed by atoms with Gasteiger partial charge in [-0.3, -0.25) is 9.59 Å². The van der Waals surface area contributed by atoms with E-state index < -0.39 is 17.7 Å². The highest BCUT2D eigenvalue weighted by atomic mass is 79.9. The van der Waals surface area contributed by atoms with E-state index in [0.29, 0.717) is 18.7 Å². The third-order valence-electron chi connectivity index (χ3n) is 4.89. The molecule has 1 aromatic heterocycles. The Morgan fingerprint density at radius 2 is 2.04 bits per heavy atom. The van der Waals surface area contributed by atoms with Crippen molar-refractivity contribution in [2.24, 2.45) is 0 Å². The second kappa shape index (κ2) is 7.58. The number of ketones is 1. The zero-order valence-electron chi connectivity index (χ0n) is 14.4. The summed E-state index contributed by atoms with van der Waals surface area (Å²) < 4.78 is 6.54. The minimum atomic E-state index is -0.646. The number of likely N-dealkylation sites (tertiary alicyclic amines) is 1. The first-order valence-corrected chi connectivity index (χ1v) is 10.4. The van der Waals surface area contributed by atoms with Crippen molar-refractivity contribution in [1.82, 2.24) is 4.90 Å². The first kappa shape index (κ1) is 18.4. The van der Waals surface area contributed by atoms with Crippen LogP contribution in [-0.4, -0.2) is 41.0 Å². The third kappa shape index (κ3) is 3.47. The number of aliphatic hydroxyl groups excluding tert-OH is 1. The van der Waals surface area contributed by atoms with Gasteiger partial charge in [0.2, 0.25) is 0 Å². The molecule has 0 bridgehead atoms. The highest BCUT2D eigenvalue weighted by molar-refractivity contribution is 9.10. The summed E-state index contributed by atoms with van der Waals surface area (Å²) in [4.78, 5) is 28.0. The monoisotopic (exact) mass is 447 g/mol. The fraction of sp³-hybridized carbons (Fsp3) is 0.300. The van der Waals surface area contributed by atoms with Crippen molar-refractivity contribution in [2.45, 2.75) is 25.0 Å². The molecule has 2 aromatic rings. The molecule has 3 heterocycles. The van der Waals surface area contributed by atoms with Crippen molar-refractivity contribution in [1.29, 1.82) is 0 Å². The van der Waals surface area contributed by atoms with Crippen molar-refractivity contribution in [2.75, 3.05) is 13.2 Å². The standard InChI is InChI=1S/C20H18BrNO4S/c21-13-7-5-12(6-8-13)18(23)16-17(15-4-2-10-27-15)22(20(25)19(16)24)11-14-3-1-9-26-14/h2,4-8,10,14,17,23H,1,3,9,11H2/t14-,17+/m0/s1. The van der Waals surface area contributed by atoms with Gasteiger partial charge in [0, 0.05) is 28.1 Å². The number of nitrogens with zero attached hydrogens (tertiary/aromatic N) is 1. The predicted octanol–water partition coefficient (Wildman–Crippen LogP) is 4.11. The van der Waals surface area contributed by atoms with Crippen molar-refractivity contribution in [3.63, 3.8) is 0 Å². The Labute approximate surface area is 169 Å². The fourth-order valence-corrected chi connectivity index (χ4v) is 4.69. The average molecular weight is 448 g/mol. The number of halogens is 1. The van der Waals surface area contributed by atoms with Crippen LogP contribution in [0.25, 0.3) is 5.76 Å². The summed E-state index contributed by atoms with van der Waals surface area (Å²) in [6.45, 7) is 1.03. The molecule has 2 atom stereocenters. The molecule has 1 aromatic carbocycles. The lowest BCUT2D eigenvalue weighted by Crippen LogP contribution is -2.36. The van der Waals surface area contributed by atoms with Crippen LogP contribution in [0.2, 0.25) is 0 Å². The van der Waals surface area contributed by atoms with Crippen molar-refractivity contribution >= 4 is 44.7 Å². The zero-order chi connectivity index (χ0) is 19.0. The summed E-state index contributed by atoms with van der Waals surface area (Å²) in [5.74, 6) is -1.37. The number of thiophene rings is 1. The molecule has 0 unspecified atom stereocenters. The van der Waals surface area contributed by atoms with Gasteiger partial charge >= 0.3 is 0 Å². The summed E-state index contributed by atoms with van der Waals surface area (Å²) in [7, 11) is 0. The molecule has 0 aliphatic carbocycles. The Morgan fingerprint density at radius 3 is 2.67 bits per heavy atom. The lowest BCUT2D eigenvalue weighted by Gasteiger charge is -2.26. The van der Waals surface area contributed by atoms with Crippen LogP contribution in [0, 0.1) is 0 Å². The zero-order valence-corrected chi connectivity index (χ0v) is 16.8. The van der Waals surface area contributed by atoms with Gasteiger partial charge in [-0.15, -0.1) is 11.3 Å². The quantitative estimate of drug-likeness (QED) is 0.434. The van der Waals surface area contributed by atoms with Gasteiger partial charge in [-0.2, -0.15) is 0 Å². The Morgan fingerprint density at radius 1 is 1.26 bits per heavy atom. The predicted molar refractivity (Wildman–Crippen MR) is 106 cm³/mol. The summed E-state index contributed by atoms with van der Waals surface area (Å²) in [5, 5.41) is 12.8. The molecule has 2 aliphatic heterocycles. The van der Waals surface area contributed by atoms with Crippen LogP contribution in [0.1, 0.15) is 29.3 Å². The van der Waals surface area contributed by atoms with Crippen molar-refractivity contribution in [3.05, 3.63) is 62.3 Å². The van der Waals surface area contributed by atoms with E-state index in [9.17, 15) is 14.7 Å². The van der Waals surface area contributed by atoms with Gasteiger partial charge in [-0.05, 0) is 36.4 Å². The smallest absolute Gasteiger partial charge is 0.295 e. The number of ether oxygens (including phenoxy) is 1. The molecule has 2 fully saturated rings. The molecule has 2 aliphatic rings. The lowest BCUT2D eigenvalue weighted by molar-refractivity contribution is -0.140. The number of rotatable bonds is 4. The van der Waals surface area contributed by atoms with E-state index in [1.165, 1.54) is 11.3 Å². The number of carbonyl (C=O) groups is 2. The second-order valence-electron chi connectivity index (χ2n) is 6.61. The molecule has 0 radical (unpaired) electrons. The highest BCUT2D eigenvalue weighted by Crippen LogP contribution is 2.41. The molecule has 140 valence electrons. The van der Waals surface area contributed by atoms with E-state index in [2.05, 4.69) is 15.9 Å². The van der Waals surface area contributed by atoms with E-state index >= 15 is 0 Å². The molecule has 1 N–H and O–H groups in total. The van der Waals surface area contributed by atoms with E-state index in [-0.39, 0.29) is 17.4 Å². The summed E-state index contributed by atoms with van der Waals surface area (Å²) in [6, 6.07) is 10.2. The number of hydrogen-bond acceptors (Lipinski definition) is 5. The van der Waals surface area contributed by atoms with E-state index in [0.717, 1.165) is 22.2 Å². The summed E-state index contributed by atoms with van der Waals surface area (Å²) >= 11 is 4.83. The van der Waals surface area contributed by atoms with Crippen LogP contribution in [0.4, 0.5) is 0 Å². The Hall–Kier alpha value is -1.96. The SMILES string of the molecule is O=C1C(=O)N(C[C@@H]2CCCO2)[C@H](c2cccs2)C1=C(O)c1ccc(Br)cc1. The van der Waals surface area contributed by atoms with Gasteiger partial charge in [0.05, 0.1) is 17.7 Å². The lowest BCUT2D eigenvalue weighted by atomic mass is 10.00. The number of amides is 1. The Balaban J connectivity index is 1.78. The van der Waals surface area contributed by atoms with Gasteiger partial charge in [-0.25, -0.2) is 0 Å². The molecule has 0 saturated carbocycles. The highest BCUT2D eigenvalue weighted by Gasteiger charge is 2.47. The molecular weight excluding hydrogens is 430 g/mol. The van der Waals surface area contributed by atoms with E-state index in [1.54, 1.807) is 29.2 Å². The Kier molecular flexibility index (Phi) is 5.16. The van der Waals surface area contributed by atoms with Gasteiger partial charge in [0.15, 0.2) is 0 Å². The number of benzene rings is 1. The molecular formula is C20H18BrNO4S. The van der Waals surface area contributed by atoms with Gasteiger partial charge in [0.25, 0.3) is 11.7 Å². The third-order valence-corrected chi connectivity index (χ3v) is 6.35. The largest absolute Gasteiger partial charge is 0.507 e. The van der Waals surface area contributed by atoms with Crippen LogP contribution in [0.5, 0.6) is 0 Å². The second-order valence-corrected chi connectivity index (χ2v) is 8.50. The van der Waals surface area contributed by atoms with Crippen LogP contribution < -0.4 is 0 Å². The number of Topliss-reactive ketones (excluding diaryl/α,β-unsaturated/α-hetero) is 1. The van der Waals surface area contributed by atoms with Crippen molar-refractivity contribution in [3.8, 4) is 0 Å². The number of hydrogen-bond donors (Lipinski definition) is 1. The molecule has 4 rings (SSSR count). The van der Waals surface area contributed by atoms with Crippen LogP contribution in [0.15, 0.2) is 51.8 Å². The molecule has 1 amide bonds. The molecule has 2 saturated heterocycles. The van der Waals surface area contributed by atoms with Crippen molar-refractivity contribution < 1.29 is 19.4 Å². The maximum atomic E-state index is 12.8. The Bertz CT molecular complexity index is 885. The first-order valence-electron chi connectivity index (χ1n) is 8.75. The average Bonchev–Trinajstić information content (AvgIpc) is 3.40. The number of carbonyl (C=O) groups excluding carboxylic acids is 2. The maximum Gasteiger partial charge on any atom is 0.295 e. The van der Waals surface area contributed by atoms with Gasteiger partial charge < -0.3 is 14.7 Å². The summed E-state index contributed by atoms with van der Waals surface area (Å²) in [6.07, 6.45) is 1.75. The van der Waals surface area contributed by atoms with Crippen LogP contribution in [0.3, 0.4) is 0 Å². The van der Waals surface area contributed by atoms with Gasteiger partial charge in [0.1, 0.15) is 5.76 Å². The molecule has 5 nitrogen and oxygen atoms in total. The fourth-order valence-electron chi connectivity index (χ4n) is 3.58. The minimum absolute atomic E-state index is 0.0709. The molecule has 27 heavy (non-hydrogen) atoms.